The lowest BCUT2D eigenvalue weighted by molar-refractivity contribution is 0.122. The van der Waals surface area contributed by atoms with E-state index in [4.69, 9.17) is 4.74 Å². The van der Waals surface area contributed by atoms with Crippen LogP contribution in [0.15, 0.2) is 16.7 Å². The third-order valence-electron chi connectivity index (χ3n) is 2.45. The second kappa shape index (κ2) is 4.94. The van der Waals surface area contributed by atoms with E-state index in [0.29, 0.717) is 6.04 Å². The molecule has 0 aliphatic heterocycles. The molecule has 17 heavy (non-hydrogen) atoms. The van der Waals surface area contributed by atoms with Crippen molar-refractivity contribution in [3.8, 4) is 5.88 Å². The van der Waals surface area contributed by atoms with E-state index in [0.717, 1.165) is 22.5 Å². The minimum Gasteiger partial charge on any atom is -0.472 e. The fourth-order valence-electron chi connectivity index (χ4n) is 1.52. The van der Waals surface area contributed by atoms with E-state index in [-0.39, 0.29) is 5.60 Å². The molecule has 1 fully saturated rings. The molecule has 1 aromatic heterocycles. The van der Waals surface area contributed by atoms with Crippen LogP contribution < -0.4 is 10.1 Å². The van der Waals surface area contributed by atoms with Gasteiger partial charge in [0.1, 0.15) is 5.60 Å². The van der Waals surface area contributed by atoms with Gasteiger partial charge < -0.3 is 10.1 Å². The SMILES string of the molecule is CC(C)(C)Oc1ncc(Br)cc1CNC1CC1. The van der Waals surface area contributed by atoms with Gasteiger partial charge in [0.25, 0.3) is 0 Å². The van der Waals surface area contributed by atoms with Gasteiger partial charge in [-0.25, -0.2) is 4.98 Å². The third-order valence-corrected chi connectivity index (χ3v) is 2.89. The summed E-state index contributed by atoms with van der Waals surface area (Å²) < 4.78 is 6.86. The number of hydrogen-bond donors (Lipinski definition) is 1. The minimum atomic E-state index is -0.213. The second-order valence-corrected chi connectivity index (χ2v) is 6.40. The highest BCUT2D eigenvalue weighted by molar-refractivity contribution is 9.10. The molecule has 1 heterocycles. The van der Waals surface area contributed by atoms with E-state index in [1.807, 2.05) is 20.8 Å². The number of nitrogens with zero attached hydrogens (tertiary/aromatic N) is 1. The van der Waals surface area contributed by atoms with E-state index in [1.54, 1.807) is 6.20 Å². The number of halogens is 1. The summed E-state index contributed by atoms with van der Waals surface area (Å²) in [6.07, 6.45) is 4.36. The van der Waals surface area contributed by atoms with Crippen molar-refractivity contribution in [3.05, 3.63) is 22.3 Å². The van der Waals surface area contributed by atoms with Gasteiger partial charge in [0, 0.05) is 28.8 Å². The number of hydrogen-bond acceptors (Lipinski definition) is 3. The van der Waals surface area contributed by atoms with Crippen LogP contribution in [0.4, 0.5) is 0 Å². The Bertz CT molecular complexity index is 397. The molecular formula is C13H19BrN2O. The van der Waals surface area contributed by atoms with Crippen LogP contribution in [0.3, 0.4) is 0 Å². The van der Waals surface area contributed by atoms with Gasteiger partial charge in [0.05, 0.1) is 0 Å². The Hall–Kier alpha value is -0.610. The number of pyridine rings is 1. The zero-order chi connectivity index (χ0) is 12.5. The Morgan fingerprint density at radius 1 is 1.47 bits per heavy atom. The quantitative estimate of drug-likeness (QED) is 0.926. The maximum Gasteiger partial charge on any atom is 0.218 e. The first-order chi connectivity index (χ1) is 7.94. The molecule has 1 N–H and O–H groups in total. The molecule has 0 unspecified atom stereocenters. The van der Waals surface area contributed by atoms with Gasteiger partial charge in [-0.05, 0) is 55.6 Å². The van der Waals surface area contributed by atoms with E-state index in [9.17, 15) is 0 Å². The first-order valence-corrected chi connectivity index (χ1v) is 6.80. The monoisotopic (exact) mass is 298 g/mol. The number of aromatic nitrogens is 1. The largest absolute Gasteiger partial charge is 0.472 e. The molecule has 1 saturated carbocycles. The summed E-state index contributed by atoms with van der Waals surface area (Å²) in [5.74, 6) is 0.730. The van der Waals surface area contributed by atoms with Crippen LogP contribution in [-0.4, -0.2) is 16.6 Å². The maximum absolute atomic E-state index is 5.87. The zero-order valence-corrected chi connectivity index (χ0v) is 12.2. The standard InChI is InChI=1S/C13H19BrN2O/c1-13(2,3)17-12-9(6-10(14)8-16-12)7-15-11-4-5-11/h6,8,11,15H,4-5,7H2,1-3H3. The predicted octanol–water partition coefficient (Wildman–Crippen LogP) is 3.27. The summed E-state index contributed by atoms with van der Waals surface area (Å²) in [5.41, 5.74) is 0.899. The first kappa shape index (κ1) is 12.8. The highest BCUT2D eigenvalue weighted by Crippen LogP contribution is 2.25. The van der Waals surface area contributed by atoms with Crippen molar-refractivity contribution in [1.29, 1.82) is 0 Å². The van der Waals surface area contributed by atoms with Gasteiger partial charge >= 0.3 is 0 Å². The Kier molecular flexibility index (Phi) is 3.73. The van der Waals surface area contributed by atoms with E-state index >= 15 is 0 Å². The molecular weight excluding hydrogens is 280 g/mol. The van der Waals surface area contributed by atoms with Crippen LogP contribution in [0.1, 0.15) is 39.2 Å². The van der Waals surface area contributed by atoms with Crippen molar-refractivity contribution in [1.82, 2.24) is 10.3 Å². The smallest absolute Gasteiger partial charge is 0.218 e. The topological polar surface area (TPSA) is 34.1 Å². The van der Waals surface area contributed by atoms with Gasteiger partial charge in [0.2, 0.25) is 5.88 Å². The van der Waals surface area contributed by atoms with Crippen molar-refractivity contribution in [2.24, 2.45) is 0 Å². The van der Waals surface area contributed by atoms with Gasteiger partial charge in [-0.15, -0.1) is 0 Å². The van der Waals surface area contributed by atoms with Gasteiger partial charge in [0.15, 0.2) is 0 Å². The molecule has 0 bridgehead atoms. The molecule has 0 spiro atoms. The van der Waals surface area contributed by atoms with Crippen LogP contribution in [0, 0.1) is 0 Å². The lowest BCUT2D eigenvalue weighted by Crippen LogP contribution is -2.25. The maximum atomic E-state index is 5.87. The molecule has 1 aromatic rings. The number of ether oxygens (including phenoxy) is 1. The molecule has 0 aromatic carbocycles. The van der Waals surface area contributed by atoms with Crippen molar-refractivity contribution < 1.29 is 4.74 Å². The van der Waals surface area contributed by atoms with Crippen LogP contribution in [0.25, 0.3) is 0 Å². The molecule has 0 saturated heterocycles. The molecule has 1 aliphatic rings. The molecule has 94 valence electrons. The van der Waals surface area contributed by atoms with Gasteiger partial charge in [-0.2, -0.15) is 0 Å². The fourth-order valence-corrected chi connectivity index (χ4v) is 1.90. The summed E-state index contributed by atoms with van der Waals surface area (Å²) in [4.78, 5) is 4.35. The van der Waals surface area contributed by atoms with Crippen LogP contribution in [0.2, 0.25) is 0 Å². The summed E-state index contributed by atoms with van der Waals surface area (Å²) in [6, 6.07) is 2.76. The normalized spacial score (nSPS) is 16.0. The lowest BCUT2D eigenvalue weighted by Gasteiger charge is -2.22. The Labute approximate surface area is 111 Å². The van der Waals surface area contributed by atoms with E-state index < -0.39 is 0 Å². The fraction of sp³-hybridized carbons (Fsp3) is 0.615. The number of nitrogens with one attached hydrogen (secondary N) is 1. The summed E-state index contributed by atoms with van der Waals surface area (Å²) in [6.45, 7) is 6.93. The van der Waals surface area contributed by atoms with Crippen molar-refractivity contribution in [2.75, 3.05) is 0 Å². The van der Waals surface area contributed by atoms with Crippen molar-refractivity contribution >= 4 is 15.9 Å². The van der Waals surface area contributed by atoms with Crippen LogP contribution >= 0.6 is 15.9 Å². The van der Waals surface area contributed by atoms with Crippen LogP contribution in [0.5, 0.6) is 5.88 Å². The summed E-state index contributed by atoms with van der Waals surface area (Å²) in [7, 11) is 0. The highest BCUT2D eigenvalue weighted by atomic mass is 79.9. The van der Waals surface area contributed by atoms with Gasteiger partial charge in [-0.1, -0.05) is 0 Å². The molecule has 4 heteroatoms. The molecule has 0 atom stereocenters. The summed E-state index contributed by atoms with van der Waals surface area (Å²) in [5, 5.41) is 3.49. The van der Waals surface area contributed by atoms with Gasteiger partial charge in [-0.3, -0.25) is 0 Å². The minimum absolute atomic E-state index is 0.213. The average molecular weight is 299 g/mol. The lowest BCUT2D eigenvalue weighted by atomic mass is 10.2. The van der Waals surface area contributed by atoms with E-state index in [1.165, 1.54) is 12.8 Å². The molecule has 1 aliphatic carbocycles. The molecule has 0 radical (unpaired) electrons. The second-order valence-electron chi connectivity index (χ2n) is 5.49. The Morgan fingerprint density at radius 3 is 2.76 bits per heavy atom. The third kappa shape index (κ3) is 4.28. The van der Waals surface area contributed by atoms with Crippen molar-refractivity contribution in [3.63, 3.8) is 0 Å². The molecule has 2 rings (SSSR count). The van der Waals surface area contributed by atoms with Crippen molar-refractivity contribution in [2.45, 2.75) is 51.8 Å². The highest BCUT2D eigenvalue weighted by Gasteiger charge is 2.22. The Morgan fingerprint density at radius 2 is 2.18 bits per heavy atom. The molecule has 3 nitrogen and oxygen atoms in total. The predicted molar refractivity (Wildman–Crippen MR) is 72.2 cm³/mol. The zero-order valence-electron chi connectivity index (χ0n) is 10.6. The number of rotatable bonds is 4. The summed E-state index contributed by atoms with van der Waals surface area (Å²) >= 11 is 3.45. The Balaban J connectivity index is 2.11. The average Bonchev–Trinajstić information content (AvgIpc) is 3.00. The van der Waals surface area contributed by atoms with Crippen LogP contribution in [-0.2, 0) is 6.54 Å². The van der Waals surface area contributed by atoms with E-state index in [2.05, 4.69) is 32.3 Å². The molecule has 0 amide bonds. The first-order valence-electron chi connectivity index (χ1n) is 6.01.